The van der Waals surface area contributed by atoms with Crippen molar-refractivity contribution in [1.29, 1.82) is 0 Å². The number of likely N-dealkylation sites (tertiary alicyclic amines) is 1. The summed E-state index contributed by atoms with van der Waals surface area (Å²) in [6.07, 6.45) is 1.60. The number of amides is 1. The first-order valence-corrected chi connectivity index (χ1v) is 8.45. The van der Waals surface area contributed by atoms with E-state index in [-0.39, 0.29) is 29.7 Å². The van der Waals surface area contributed by atoms with Gasteiger partial charge < -0.3 is 10.6 Å². The van der Waals surface area contributed by atoms with E-state index in [4.69, 9.17) is 5.73 Å². The number of hydrogen-bond donors (Lipinski definition) is 1. The Hall–Kier alpha value is -2.20. The maximum atomic E-state index is 14.0. The molecule has 24 heavy (non-hydrogen) atoms. The molecule has 2 aromatic rings. The minimum absolute atomic E-state index is 0.000210. The second-order valence-corrected chi connectivity index (χ2v) is 6.82. The molecule has 3 nitrogen and oxygen atoms in total. The van der Waals surface area contributed by atoms with Crippen LogP contribution in [0.3, 0.4) is 0 Å². The summed E-state index contributed by atoms with van der Waals surface area (Å²) in [6, 6.07) is 13.2. The Morgan fingerprint density at radius 2 is 1.96 bits per heavy atom. The van der Waals surface area contributed by atoms with Gasteiger partial charge in [-0.25, -0.2) is 4.39 Å². The van der Waals surface area contributed by atoms with Gasteiger partial charge in [0.2, 0.25) is 5.91 Å². The van der Waals surface area contributed by atoms with Crippen LogP contribution in [-0.4, -0.2) is 23.4 Å². The molecule has 124 valence electrons. The molecular weight excluding hydrogens is 303 g/mol. The van der Waals surface area contributed by atoms with Gasteiger partial charge >= 0.3 is 0 Å². The van der Waals surface area contributed by atoms with Crippen molar-refractivity contribution in [2.45, 2.75) is 37.8 Å². The zero-order valence-corrected chi connectivity index (χ0v) is 13.7. The highest BCUT2D eigenvalue weighted by Gasteiger charge is 2.45. The summed E-state index contributed by atoms with van der Waals surface area (Å²) >= 11 is 0. The lowest BCUT2D eigenvalue weighted by Crippen LogP contribution is -2.40. The molecule has 0 bridgehead atoms. The Labute approximate surface area is 141 Å². The molecule has 2 aromatic carbocycles. The van der Waals surface area contributed by atoms with Gasteiger partial charge in [-0.15, -0.1) is 0 Å². The maximum absolute atomic E-state index is 14.0. The van der Waals surface area contributed by atoms with E-state index in [0.29, 0.717) is 6.54 Å². The van der Waals surface area contributed by atoms with E-state index in [1.165, 1.54) is 17.2 Å². The molecule has 0 unspecified atom stereocenters. The van der Waals surface area contributed by atoms with Crippen molar-refractivity contribution >= 4 is 5.91 Å². The van der Waals surface area contributed by atoms with Crippen molar-refractivity contribution in [2.75, 3.05) is 6.54 Å². The molecule has 2 N–H and O–H groups in total. The van der Waals surface area contributed by atoms with Crippen LogP contribution in [-0.2, 0) is 11.2 Å². The van der Waals surface area contributed by atoms with E-state index in [1.54, 1.807) is 13.0 Å². The topological polar surface area (TPSA) is 46.3 Å². The third-order valence-corrected chi connectivity index (χ3v) is 5.50. The molecule has 0 spiro atoms. The lowest BCUT2D eigenvalue weighted by atomic mass is 9.87. The zero-order chi connectivity index (χ0) is 16.8. The van der Waals surface area contributed by atoms with Gasteiger partial charge in [-0.05, 0) is 47.2 Å². The van der Waals surface area contributed by atoms with Crippen LogP contribution in [0.1, 0.15) is 47.6 Å². The van der Waals surface area contributed by atoms with Crippen LogP contribution in [0.25, 0.3) is 0 Å². The summed E-state index contributed by atoms with van der Waals surface area (Å²) in [4.78, 5) is 14.2. The van der Waals surface area contributed by atoms with E-state index in [2.05, 4.69) is 12.1 Å². The molecule has 1 aliphatic heterocycles. The fourth-order valence-electron chi connectivity index (χ4n) is 4.55. The number of fused-ring (bicyclic) bond motifs is 5. The number of hydrogen-bond acceptors (Lipinski definition) is 2. The second kappa shape index (κ2) is 5.71. The van der Waals surface area contributed by atoms with Gasteiger partial charge in [0.25, 0.3) is 0 Å². The average molecular weight is 324 g/mol. The number of nitrogens with zero attached hydrogens (tertiary/aromatic N) is 1. The van der Waals surface area contributed by atoms with E-state index in [9.17, 15) is 9.18 Å². The Kier molecular flexibility index (Phi) is 3.65. The van der Waals surface area contributed by atoms with Crippen LogP contribution < -0.4 is 5.73 Å². The van der Waals surface area contributed by atoms with Crippen LogP contribution >= 0.6 is 0 Å². The van der Waals surface area contributed by atoms with Gasteiger partial charge in [-0.1, -0.05) is 30.3 Å². The third-order valence-electron chi connectivity index (χ3n) is 5.50. The molecule has 1 saturated heterocycles. The molecule has 4 heteroatoms. The van der Waals surface area contributed by atoms with Crippen LogP contribution in [0, 0.1) is 5.82 Å². The highest BCUT2D eigenvalue weighted by Crippen LogP contribution is 2.50. The molecule has 1 aliphatic carbocycles. The molecule has 2 aliphatic rings. The largest absolute Gasteiger partial charge is 0.331 e. The highest BCUT2D eigenvalue weighted by molar-refractivity contribution is 5.75. The van der Waals surface area contributed by atoms with Gasteiger partial charge in [0, 0.05) is 25.4 Å². The lowest BCUT2D eigenvalue weighted by Gasteiger charge is -2.31. The smallest absolute Gasteiger partial charge is 0.220 e. The van der Waals surface area contributed by atoms with Gasteiger partial charge in [-0.2, -0.15) is 0 Å². The quantitative estimate of drug-likeness (QED) is 0.876. The van der Waals surface area contributed by atoms with Gasteiger partial charge in [0.05, 0.1) is 6.04 Å². The van der Waals surface area contributed by atoms with Gasteiger partial charge in [0.1, 0.15) is 5.82 Å². The minimum Gasteiger partial charge on any atom is -0.331 e. The first kappa shape index (κ1) is 15.3. The van der Waals surface area contributed by atoms with E-state index >= 15 is 0 Å². The van der Waals surface area contributed by atoms with E-state index in [0.717, 1.165) is 24.0 Å². The van der Waals surface area contributed by atoms with Crippen LogP contribution in [0.2, 0.25) is 0 Å². The minimum atomic E-state index is -0.252. The van der Waals surface area contributed by atoms with Crippen molar-refractivity contribution < 1.29 is 9.18 Å². The number of halogens is 1. The molecule has 1 heterocycles. The predicted octanol–water partition coefficient (Wildman–Crippen LogP) is 3.13. The molecule has 1 fully saturated rings. The maximum Gasteiger partial charge on any atom is 0.220 e. The molecule has 4 rings (SSSR count). The molecular formula is C20H21FN2O. The summed E-state index contributed by atoms with van der Waals surface area (Å²) < 4.78 is 14.0. The Balaban J connectivity index is 1.96. The van der Waals surface area contributed by atoms with Crippen LogP contribution in [0.4, 0.5) is 4.39 Å². The summed E-state index contributed by atoms with van der Waals surface area (Å²) in [5, 5.41) is 0. The predicted molar refractivity (Wildman–Crippen MR) is 91.1 cm³/mol. The van der Waals surface area contributed by atoms with Crippen molar-refractivity contribution in [3.63, 3.8) is 0 Å². The molecule has 0 aromatic heterocycles. The molecule has 3 atom stereocenters. The monoisotopic (exact) mass is 324 g/mol. The number of rotatable bonds is 1. The first-order valence-electron chi connectivity index (χ1n) is 8.45. The highest BCUT2D eigenvalue weighted by atomic mass is 19.1. The fraction of sp³-hybridized carbons (Fsp3) is 0.350. The Morgan fingerprint density at radius 3 is 2.71 bits per heavy atom. The molecule has 0 saturated carbocycles. The zero-order valence-electron chi connectivity index (χ0n) is 13.7. The Bertz CT molecular complexity index is 804. The lowest BCUT2D eigenvalue weighted by molar-refractivity contribution is -0.131. The summed E-state index contributed by atoms with van der Waals surface area (Å²) in [6.45, 7) is 2.01. The van der Waals surface area contributed by atoms with Crippen molar-refractivity contribution in [1.82, 2.24) is 4.90 Å². The standard InChI is InChI=1S/C20H21FN2O/c1-12(24)23-16(11-22)10-19-17-5-3-2-4-13(17)8-14-6-7-15(21)9-18(14)20(19)23/h2-7,9,16,19-20H,8,10-11,22H2,1H3/t16-,19-,20-/m1/s1. The van der Waals surface area contributed by atoms with Crippen molar-refractivity contribution in [3.8, 4) is 0 Å². The summed E-state index contributed by atoms with van der Waals surface area (Å²) in [5.41, 5.74) is 10.5. The van der Waals surface area contributed by atoms with Gasteiger partial charge in [-0.3, -0.25) is 4.79 Å². The number of carbonyl (C=O) groups excluding carboxylic acids is 1. The van der Waals surface area contributed by atoms with Crippen LogP contribution in [0.15, 0.2) is 42.5 Å². The van der Waals surface area contributed by atoms with Crippen molar-refractivity contribution in [3.05, 3.63) is 70.5 Å². The molecule has 0 radical (unpaired) electrons. The number of benzene rings is 2. The van der Waals surface area contributed by atoms with Crippen molar-refractivity contribution in [2.24, 2.45) is 5.73 Å². The molecule has 1 amide bonds. The summed E-state index contributed by atoms with van der Waals surface area (Å²) in [5.74, 6) is -0.0765. The number of carbonyl (C=O) groups is 1. The Morgan fingerprint density at radius 1 is 1.21 bits per heavy atom. The van der Waals surface area contributed by atoms with E-state index < -0.39 is 0 Å². The third kappa shape index (κ3) is 2.25. The summed E-state index contributed by atoms with van der Waals surface area (Å²) in [7, 11) is 0. The second-order valence-electron chi connectivity index (χ2n) is 6.82. The SMILES string of the molecule is CC(=O)N1[C@@H](CN)C[C@@H]2c3ccccc3Cc3ccc(F)cc3[C@H]21. The normalized spacial score (nSPS) is 24.8. The average Bonchev–Trinajstić information content (AvgIpc) is 2.91. The fourth-order valence-corrected chi connectivity index (χ4v) is 4.55. The van der Waals surface area contributed by atoms with E-state index in [1.807, 2.05) is 23.1 Å². The first-order chi connectivity index (χ1) is 11.6. The van der Waals surface area contributed by atoms with Gasteiger partial charge in [0.15, 0.2) is 0 Å². The number of nitrogens with two attached hydrogens (primary N) is 1. The van der Waals surface area contributed by atoms with Crippen LogP contribution in [0.5, 0.6) is 0 Å².